The second-order valence-corrected chi connectivity index (χ2v) is 6.48. The van der Waals surface area contributed by atoms with Crippen molar-refractivity contribution in [3.63, 3.8) is 0 Å². The lowest BCUT2D eigenvalue weighted by Gasteiger charge is -2.15. The summed E-state index contributed by atoms with van der Waals surface area (Å²) in [5.41, 5.74) is 6.17. The number of carbonyl (C=O) groups excluding carboxylic acids is 1. The predicted octanol–water partition coefficient (Wildman–Crippen LogP) is -0.161. The Morgan fingerprint density at radius 3 is 2.88 bits per heavy atom. The normalized spacial score (nSPS) is 12.5. The van der Waals surface area contributed by atoms with Crippen LogP contribution in [0.1, 0.15) is 37.4 Å². The molecule has 0 radical (unpaired) electrons. The van der Waals surface area contributed by atoms with Crippen LogP contribution < -0.4 is 11.1 Å². The van der Waals surface area contributed by atoms with Gasteiger partial charge in [-0.3, -0.25) is 4.79 Å². The van der Waals surface area contributed by atoms with E-state index >= 15 is 0 Å². The summed E-state index contributed by atoms with van der Waals surface area (Å²) >= 11 is 0. The first-order valence-electron chi connectivity index (χ1n) is 8.71. The van der Waals surface area contributed by atoms with Crippen LogP contribution in [-0.4, -0.2) is 55.7 Å². The number of aromatic nitrogens is 6. The van der Waals surface area contributed by atoms with Crippen molar-refractivity contribution in [3.8, 4) is 0 Å². The van der Waals surface area contributed by atoms with Gasteiger partial charge in [0, 0.05) is 26.6 Å². The number of methoxy groups -OCH3 is 1. The lowest BCUT2D eigenvalue weighted by molar-refractivity contribution is -0.121. The molecule has 0 bridgehead atoms. The van der Waals surface area contributed by atoms with Crippen molar-refractivity contribution in [2.45, 2.75) is 46.3 Å². The highest BCUT2D eigenvalue weighted by molar-refractivity contribution is 5.75. The molecular formula is C16H28N8O2. The molecule has 144 valence electrons. The molecule has 0 saturated heterocycles. The van der Waals surface area contributed by atoms with Crippen molar-refractivity contribution in [2.24, 2.45) is 11.7 Å². The van der Waals surface area contributed by atoms with Crippen molar-refractivity contribution in [2.75, 3.05) is 20.3 Å². The maximum absolute atomic E-state index is 12.2. The third-order valence-corrected chi connectivity index (χ3v) is 4.02. The standard InChI is InChI=1S/C16H28N8O2/c1-11(2)15(17)16-20-12(3)22-24(16)9-14(25)18-6-5-13-21-19-10-23(13)7-8-26-4/h10-11,15H,5-9,17H2,1-4H3,(H,18,25)/t15-/m0/s1. The first-order valence-corrected chi connectivity index (χ1v) is 8.71. The van der Waals surface area contributed by atoms with E-state index in [0.717, 1.165) is 5.82 Å². The van der Waals surface area contributed by atoms with Crippen LogP contribution in [-0.2, 0) is 29.0 Å². The lowest BCUT2D eigenvalue weighted by atomic mass is 10.1. The molecule has 0 saturated carbocycles. The molecule has 2 aromatic heterocycles. The number of nitrogens with one attached hydrogen (secondary N) is 1. The summed E-state index contributed by atoms with van der Waals surface area (Å²) in [5, 5.41) is 15.1. The van der Waals surface area contributed by atoms with Gasteiger partial charge in [-0.1, -0.05) is 13.8 Å². The minimum Gasteiger partial charge on any atom is -0.383 e. The summed E-state index contributed by atoms with van der Waals surface area (Å²) < 4.78 is 8.55. The number of hydrogen-bond acceptors (Lipinski definition) is 7. The Hall–Kier alpha value is -2.33. The predicted molar refractivity (Wildman–Crippen MR) is 95.1 cm³/mol. The Labute approximate surface area is 153 Å². The molecule has 0 aromatic carbocycles. The number of ether oxygens (including phenoxy) is 1. The maximum atomic E-state index is 12.2. The Bertz CT molecular complexity index is 709. The van der Waals surface area contributed by atoms with Crippen LogP contribution in [0.3, 0.4) is 0 Å². The van der Waals surface area contributed by atoms with Gasteiger partial charge in [0.1, 0.15) is 30.3 Å². The highest BCUT2D eigenvalue weighted by atomic mass is 16.5. The zero-order valence-electron chi connectivity index (χ0n) is 15.8. The number of nitrogens with zero attached hydrogens (tertiary/aromatic N) is 6. The fourth-order valence-electron chi connectivity index (χ4n) is 2.49. The average molecular weight is 364 g/mol. The van der Waals surface area contributed by atoms with Crippen LogP contribution in [0.15, 0.2) is 6.33 Å². The Kier molecular flexibility index (Phi) is 7.22. The van der Waals surface area contributed by atoms with Gasteiger partial charge < -0.3 is 20.4 Å². The zero-order valence-corrected chi connectivity index (χ0v) is 15.8. The molecule has 2 rings (SSSR count). The largest absolute Gasteiger partial charge is 0.383 e. The quantitative estimate of drug-likeness (QED) is 0.600. The summed E-state index contributed by atoms with van der Waals surface area (Å²) in [6.07, 6.45) is 2.25. The van der Waals surface area contributed by atoms with Crippen molar-refractivity contribution < 1.29 is 9.53 Å². The molecule has 2 heterocycles. The van der Waals surface area contributed by atoms with E-state index in [4.69, 9.17) is 10.5 Å². The third-order valence-electron chi connectivity index (χ3n) is 4.02. The molecule has 0 aliphatic heterocycles. The summed E-state index contributed by atoms with van der Waals surface area (Å²) in [6.45, 7) is 7.63. The van der Waals surface area contributed by atoms with E-state index in [1.807, 2.05) is 18.4 Å². The number of amides is 1. The molecule has 0 fully saturated rings. The Balaban J connectivity index is 1.87. The van der Waals surface area contributed by atoms with Crippen LogP contribution in [0.25, 0.3) is 0 Å². The number of rotatable bonds is 10. The van der Waals surface area contributed by atoms with Crippen LogP contribution in [0, 0.1) is 12.8 Å². The van der Waals surface area contributed by atoms with E-state index in [-0.39, 0.29) is 24.4 Å². The van der Waals surface area contributed by atoms with Gasteiger partial charge in [-0.15, -0.1) is 10.2 Å². The van der Waals surface area contributed by atoms with Crippen LogP contribution in [0.5, 0.6) is 0 Å². The fourth-order valence-corrected chi connectivity index (χ4v) is 2.49. The molecule has 0 spiro atoms. The smallest absolute Gasteiger partial charge is 0.241 e. The molecule has 2 aromatic rings. The Morgan fingerprint density at radius 1 is 1.42 bits per heavy atom. The average Bonchev–Trinajstić information content (AvgIpc) is 3.18. The lowest BCUT2D eigenvalue weighted by Crippen LogP contribution is -2.32. The first-order chi connectivity index (χ1) is 12.4. The minimum absolute atomic E-state index is 0.0902. The van der Waals surface area contributed by atoms with Crippen molar-refractivity contribution in [1.29, 1.82) is 0 Å². The van der Waals surface area contributed by atoms with Crippen LogP contribution >= 0.6 is 0 Å². The summed E-state index contributed by atoms with van der Waals surface area (Å²) in [4.78, 5) is 16.6. The molecule has 0 aliphatic rings. The van der Waals surface area contributed by atoms with Gasteiger partial charge >= 0.3 is 0 Å². The fraction of sp³-hybridized carbons (Fsp3) is 0.688. The van der Waals surface area contributed by atoms with Gasteiger partial charge in [0.15, 0.2) is 0 Å². The topological polar surface area (TPSA) is 126 Å². The van der Waals surface area contributed by atoms with E-state index in [2.05, 4.69) is 25.6 Å². The van der Waals surface area contributed by atoms with Gasteiger partial charge in [0.25, 0.3) is 0 Å². The first kappa shape index (κ1) is 20.0. The SMILES string of the molecule is COCCn1cnnc1CCNC(=O)Cn1nc(C)nc1[C@@H](N)C(C)C. The minimum atomic E-state index is -0.261. The highest BCUT2D eigenvalue weighted by Gasteiger charge is 2.20. The molecule has 10 nitrogen and oxygen atoms in total. The van der Waals surface area contributed by atoms with Crippen LogP contribution in [0.4, 0.5) is 0 Å². The van der Waals surface area contributed by atoms with Crippen molar-refractivity contribution >= 4 is 5.91 Å². The number of aryl methyl sites for hydroxylation is 1. The molecule has 3 N–H and O–H groups in total. The maximum Gasteiger partial charge on any atom is 0.241 e. The molecule has 10 heteroatoms. The van der Waals surface area contributed by atoms with Gasteiger partial charge in [0.05, 0.1) is 12.6 Å². The van der Waals surface area contributed by atoms with E-state index in [0.29, 0.717) is 37.8 Å². The van der Waals surface area contributed by atoms with E-state index in [9.17, 15) is 4.79 Å². The van der Waals surface area contributed by atoms with Crippen molar-refractivity contribution in [1.82, 2.24) is 34.8 Å². The van der Waals surface area contributed by atoms with Gasteiger partial charge in [-0.25, -0.2) is 9.67 Å². The summed E-state index contributed by atoms with van der Waals surface area (Å²) in [6, 6.07) is -0.261. The second kappa shape index (κ2) is 9.39. The third kappa shape index (κ3) is 5.33. The van der Waals surface area contributed by atoms with E-state index < -0.39 is 0 Å². The molecule has 1 amide bonds. The summed E-state index contributed by atoms with van der Waals surface area (Å²) in [5.74, 6) is 2.11. The van der Waals surface area contributed by atoms with E-state index in [1.165, 1.54) is 0 Å². The molecule has 26 heavy (non-hydrogen) atoms. The number of hydrogen-bond donors (Lipinski definition) is 2. The van der Waals surface area contributed by atoms with E-state index in [1.54, 1.807) is 25.0 Å². The number of nitrogens with two attached hydrogens (primary N) is 1. The summed E-state index contributed by atoms with van der Waals surface area (Å²) in [7, 11) is 1.65. The molecule has 1 atom stereocenters. The molecular weight excluding hydrogens is 336 g/mol. The monoisotopic (exact) mass is 364 g/mol. The van der Waals surface area contributed by atoms with Gasteiger partial charge in [-0.2, -0.15) is 5.10 Å². The van der Waals surface area contributed by atoms with Crippen LogP contribution in [0.2, 0.25) is 0 Å². The molecule has 0 unspecified atom stereocenters. The Morgan fingerprint density at radius 2 is 2.19 bits per heavy atom. The molecule has 0 aliphatic carbocycles. The van der Waals surface area contributed by atoms with Gasteiger partial charge in [-0.05, 0) is 12.8 Å². The highest BCUT2D eigenvalue weighted by Crippen LogP contribution is 2.16. The zero-order chi connectivity index (χ0) is 19.1. The second-order valence-electron chi connectivity index (χ2n) is 6.48. The van der Waals surface area contributed by atoms with Crippen molar-refractivity contribution in [3.05, 3.63) is 23.8 Å². The van der Waals surface area contributed by atoms with Gasteiger partial charge in [0.2, 0.25) is 5.91 Å². The number of carbonyl (C=O) groups is 1.